The molecule has 0 saturated carbocycles. The molecule has 0 aliphatic carbocycles. The van der Waals surface area contributed by atoms with Crippen molar-refractivity contribution in [2.75, 3.05) is 7.11 Å². The summed E-state index contributed by atoms with van der Waals surface area (Å²) in [4.78, 5) is 38.0. The standard InChI is InChI=1S/C17H17N3O4S/c1-3-11(13(21)10-7-5-4-6-8-10)17(15(23)24-2)12(9-18)14(22)19-16(25)20-17/h4-8,11-12H,3H2,1-2H3,(H2,19,20,22,25)/t11-,12+,17+/m0/s1. The van der Waals surface area contributed by atoms with Gasteiger partial charge in [0, 0.05) is 5.56 Å². The molecule has 0 spiro atoms. The van der Waals surface area contributed by atoms with Gasteiger partial charge in [-0.25, -0.2) is 4.79 Å². The van der Waals surface area contributed by atoms with Crippen LogP contribution in [0.2, 0.25) is 0 Å². The lowest BCUT2D eigenvalue weighted by Crippen LogP contribution is -2.73. The minimum Gasteiger partial charge on any atom is -0.467 e. The third kappa shape index (κ3) is 3.10. The fraction of sp³-hybridized carbons (Fsp3) is 0.353. The maximum absolute atomic E-state index is 13.0. The van der Waals surface area contributed by atoms with Crippen LogP contribution in [0.3, 0.4) is 0 Å². The number of nitriles is 1. The molecule has 1 heterocycles. The van der Waals surface area contributed by atoms with Crippen molar-refractivity contribution in [2.45, 2.75) is 18.9 Å². The largest absolute Gasteiger partial charge is 0.467 e. The van der Waals surface area contributed by atoms with Crippen LogP contribution in [0, 0.1) is 23.2 Å². The molecule has 1 fully saturated rings. The second kappa shape index (κ2) is 7.40. The second-order valence-corrected chi connectivity index (χ2v) is 5.97. The van der Waals surface area contributed by atoms with Crippen molar-refractivity contribution >= 4 is 35.0 Å². The van der Waals surface area contributed by atoms with Crippen LogP contribution >= 0.6 is 12.2 Å². The summed E-state index contributed by atoms with van der Waals surface area (Å²) < 4.78 is 4.85. The molecule has 25 heavy (non-hydrogen) atoms. The minimum absolute atomic E-state index is 0.124. The molecular weight excluding hydrogens is 342 g/mol. The van der Waals surface area contributed by atoms with Crippen LogP contribution < -0.4 is 10.6 Å². The van der Waals surface area contributed by atoms with Crippen molar-refractivity contribution in [3.05, 3.63) is 35.9 Å². The number of esters is 1. The number of benzene rings is 1. The number of ketones is 1. The monoisotopic (exact) mass is 359 g/mol. The molecule has 1 aliphatic heterocycles. The maximum Gasteiger partial charge on any atom is 0.334 e. The van der Waals surface area contributed by atoms with Crippen LogP contribution in [0.15, 0.2) is 30.3 Å². The quantitative estimate of drug-likeness (QED) is 0.458. The molecule has 0 unspecified atom stereocenters. The maximum atomic E-state index is 13.0. The van der Waals surface area contributed by atoms with Gasteiger partial charge in [-0.1, -0.05) is 37.3 Å². The number of nitrogens with zero attached hydrogens (tertiary/aromatic N) is 1. The molecule has 8 heteroatoms. The predicted octanol–water partition coefficient (Wildman–Crippen LogP) is 0.951. The highest BCUT2D eigenvalue weighted by Crippen LogP contribution is 2.35. The Balaban J connectivity index is 2.63. The Labute approximate surface area is 150 Å². The van der Waals surface area contributed by atoms with Gasteiger partial charge in [-0.05, 0) is 18.6 Å². The summed E-state index contributed by atoms with van der Waals surface area (Å²) in [6, 6.07) is 10.2. The van der Waals surface area contributed by atoms with E-state index in [2.05, 4.69) is 10.6 Å². The lowest BCUT2D eigenvalue weighted by molar-refractivity contribution is -0.155. The summed E-state index contributed by atoms with van der Waals surface area (Å²) in [6.07, 6.45) is 0.198. The van der Waals surface area contributed by atoms with Crippen LogP contribution in [0.5, 0.6) is 0 Å². The molecule has 1 aliphatic rings. The molecule has 3 atom stereocenters. The van der Waals surface area contributed by atoms with Gasteiger partial charge in [0.25, 0.3) is 0 Å². The highest BCUT2D eigenvalue weighted by Gasteiger charge is 2.60. The Morgan fingerprint density at radius 1 is 1.40 bits per heavy atom. The Bertz CT molecular complexity index is 759. The molecule has 2 rings (SSSR count). The fourth-order valence-electron chi connectivity index (χ4n) is 3.13. The first-order valence-electron chi connectivity index (χ1n) is 7.62. The average Bonchev–Trinajstić information content (AvgIpc) is 2.61. The van der Waals surface area contributed by atoms with Gasteiger partial charge < -0.3 is 15.4 Å². The lowest BCUT2D eigenvalue weighted by atomic mass is 9.68. The summed E-state index contributed by atoms with van der Waals surface area (Å²) in [5.41, 5.74) is -1.52. The van der Waals surface area contributed by atoms with Crippen LogP contribution in [0.1, 0.15) is 23.7 Å². The van der Waals surface area contributed by atoms with Gasteiger partial charge in [0.05, 0.1) is 19.1 Å². The number of thiocarbonyl (C=S) groups is 1. The van der Waals surface area contributed by atoms with Crippen LogP contribution in [0.4, 0.5) is 0 Å². The van der Waals surface area contributed by atoms with Crippen molar-refractivity contribution in [3.8, 4) is 6.07 Å². The Morgan fingerprint density at radius 3 is 2.56 bits per heavy atom. The summed E-state index contributed by atoms with van der Waals surface area (Å²) in [6.45, 7) is 1.70. The molecule has 0 radical (unpaired) electrons. The first-order chi connectivity index (χ1) is 11.9. The molecule has 0 bridgehead atoms. The SMILES string of the molecule is CC[C@@H](C(=O)c1ccccc1)[C@@]1(C(=O)OC)NC(=S)NC(=O)[C@H]1C#N. The molecule has 0 aromatic heterocycles. The molecule has 130 valence electrons. The average molecular weight is 359 g/mol. The first-order valence-corrected chi connectivity index (χ1v) is 8.03. The zero-order valence-corrected chi connectivity index (χ0v) is 14.6. The highest BCUT2D eigenvalue weighted by atomic mass is 32.1. The molecule has 1 aromatic rings. The fourth-order valence-corrected chi connectivity index (χ4v) is 3.40. The number of methoxy groups -OCH3 is 1. The van der Waals surface area contributed by atoms with Crippen molar-refractivity contribution < 1.29 is 19.1 Å². The second-order valence-electron chi connectivity index (χ2n) is 5.56. The van der Waals surface area contributed by atoms with E-state index in [1.165, 1.54) is 0 Å². The lowest BCUT2D eigenvalue weighted by Gasteiger charge is -2.43. The smallest absolute Gasteiger partial charge is 0.334 e. The van der Waals surface area contributed by atoms with Crippen molar-refractivity contribution in [3.63, 3.8) is 0 Å². The predicted molar refractivity (Wildman–Crippen MR) is 92.3 cm³/mol. The summed E-state index contributed by atoms with van der Waals surface area (Å²) in [5, 5.41) is 14.4. The third-order valence-corrected chi connectivity index (χ3v) is 4.46. The van der Waals surface area contributed by atoms with E-state index in [9.17, 15) is 19.6 Å². The number of carbonyl (C=O) groups excluding carboxylic acids is 3. The number of Topliss-reactive ketones (excluding diaryl/α,β-unsaturated/α-hetero) is 1. The zero-order chi connectivity index (χ0) is 18.6. The van der Waals surface area contributed by atoms with E-state index >= 15 is 0 Å². The van der Waals surface area contributed by atoms with Crippen LogP contribution in [-0.4, -0.2) is 35.4 Å². The molecule has 1 amide bonds. The third-order valence-electron chi connectivity index (χ3n) is 4.26. The van der Waals surface area contributed by atoms with Gasteiger partial charge >= 0.3 is 5.97 Å². The van der Waals surface area contributed by atoms with Gasteiger partial charge in [-0.3, -0.25) is 9.59 Å². The summed E-state index contributed by atoms with van der Waals surface area (Å²) >= 11 is 5.00. The molecule has 2 N–H and O–H groups in total. The number of hydrogen-bond donors (Lipinski definition) is 2. The van der Waals surface area contributed by atoms with E-state index in [4.69, 9.17) is 17.0 Å². The number of amides is 1. The van der Waals surface area contributed by atoms with E-state index in [0.29, 0.717) is 5.56 Å². The molecular formula is C17H17N3O4S. The molecule has 7 nitrogen and oxygen atoms in total. The zero-order valence-electron chi connectivity index (χ0n) is 13.7. The van der Waals surface area contributed by atoms with Gasteiger partial charge in [0.1, 0.15) is 0 Å². The van der Waals surface area contributed by atoms with E-state index in [-0.39, 0.29) is 17.3 Å². The Hall–Kier alpha value is -2.79. The number of hydrogen-bond acceptors (Lipinski definition) is 6. The van der Waals surface area contributed by atoms with E-state index in [1.54, 1.807) is 37.3 Å². The van der Waals surface area contributed by atoms with Gasteiger partial charge in [0.2, 0.25) is 5.91 Å². The van der Waals surface area contributed by atoms with E-state index in [1.807, 2.05) is 6.07 Å². The van der Waals surface area contributed by atoms with Crippen molar-refractivity contribution in [1.29, 1.82) is 5.26 Å². The molecule has 1 saturated heterocycles. The Kier molecular flexibility index (Phi) is 5.49. The summed E-state index contributed by atoms with van der Waals surface area (Å²) in [5.74, 6) is -4.48. The van der Waals surface area contributed by atoms with Crippen molar-refractivity contribution in [1.82, 2.24) is 10.6 Å². The molecule has 1 aromatic carbocycles. The van der Waals surface area contributed by atoms with Gasteiger partial charge in [0.15, 0.2) is 22.4 Å². The minimum atomic E-state index is -1.88. The number of rotatable bonds is 5. The number of nitrogens with one attached hydrogen (secondary N) is 2. The van der Waals surface area contributed by atoms with Crippen molar-refractivity contribution in [2.24, 2.45) is 11.8 Å². The normalized spacial score (nSPS) is 23.6. The van der Waals surface area contributed by atoms with Crippen LogP contribution in [-0.2, 0) is 14.3 Å². The Morgan fingerprint density at radius 2 is 2.04 bits per heavy atom. The number of carbonyl (C=O) groups is 3. The highest BCUT2D eigenvalue weighted by molar-refractivity contribution is 7.80. The first kappa shape index (κ1) is 18.5. The van der Waals surface area contributed by atoms with Gasteiger partial charge in [-0.2, -0.15) is 5.26 Å². The number of ether oxygens (including phenoxy) is 1. The van der Waals surface area contributed by atoms with Crippen LogP contribution in [0.25, 0.3) is 0 Å². The van der Waals surface area contributed by atoms with E-state index < -0.39 is 29.3 Å². The summed E-state index contributed by atoms with van der Waals surface area (Å²) in [7, 11) is 1.13. The topological polar surface area (TPSA) is 108 Å². The van der Waals surface area contributed by atoms with Gasteiger partial charge in [-0.15, -0.1) is 0 Å². The van der Waals surface area contributed by atoms with E-state index in [0.717, 1.165) is 7.11 Å².